The molecule has 2 unspecified atom stereocenters. The van der Waals surface area contributed by atoms with Gasteiger partial charge in [0, 0.05) is 25.0 Å². The lowest BCUT2D eigenvalue weighted by molar-refractivity contribution is 0.565. The zero-order valence-corrected chi connectivity index (χ0v) is 10.2. The summed E-state index contributed by atoms with van der Waals surface area (Å²) in [6.45, 7) is 1.01. The lowest BCUT2D eigenvalue weighted by Gasteiger charge is -2.12. The van der Waals surface area contributed by atoms with Gasteiger partial charge in [0.2, 0.25) is 0 Å². The maximum atomic E-state index is 5.88. The molecule has 4 heteroatoms. The zero-order chi connectivity index (χ0) is 10.7. The van der Waals surface area contributed by atoms with Gasteiger partial charge in [-0.3, -0.25) is 4.98 Å². The first kappa shape index (κ1) is 10.9. The molecule has 1 aromatic heterocycles. The van der Waals surface area contributed by atoms with Gasteiger partial charge in [-0.15, -0.1) is 0 Å². The Morgan fingerprint density at radius 3 is 3.07 bits per heavy atom. The second-order valence-electron chi connectivity index (χ2n) is 4.18. The molecule has 0 amide bonds. The van der Waals surface area contributed by atoms with Crippen LogP contribution in [0.2, 0.25) is 0 Å². The van der Waals surface area contributed by atoms with Crippen LogP contribution in [0.25, 0.3) is 0 Å². The fourth-order valence-electron chi connectivity index (χ4n) is 2.07. The van der Waals surface area contributed by atoms with E-state index in [9.17, 15) is 0 Å². The number of aromatic nitrogens is 1. The van der Waals surface area contributed by atoms with E-state index in [-0.39, 0.29) is 0 Å². The Bertz CT molecular complexity index is 329. The predicted molar refractivity (Wildman–Crippen MR) is 65.7 cm³/mol. The highest BCUT2D eigenvalue weighted by Crippen LogP contribution is 2.26. The maximum Gasteiger partial charge on any atom is 0.0590 e. The Balaban J connectivity index is 1.86. The molecule has 0 radical (unpaired) electrons. The molecule has 2 rings (SSSR count). The summed E-state index contributed by atoms with van der Waals surface area (Å²) in [6, 6.07) is 2.40. The van der Waals surface area contributed by atoms with Crippen molar-refractivity contribution < 1.29 is 0 Å². The second-order valence-corrected chi connectivity index (χ2v) is 5.03. The molecule has 1 aliphatic rings. The second kappa shape index (κ2) is 4.94. The van der Waals surface area contributed by atoms with Crippen LogP contribution in [0.1, 0.15) is 19.3 Å². The Morgan fingerprint density at radius 2 is 2.40 bits per heavy atom. The molecule has 1 fully saturated rings. The van der Waals surface area contributed by atoms with Crippen LogP contribution in [0.5, 0.6) is 0 Å². The van der Waals surface area contributed by atoms with Crippen LogP contribution in [0, 0.1) is 5.92 Å². The monoisotopic (exact) mass is 269 g/mol. The van der Waals surface area contributed by atoms with E-state index < -0.39 is 0 Å². The largest absolute Gasteiger partial charge is 0.384 e. The van der Waals surface area contributed by atoms with Crippen molar-refractivity contribution >= 4 is 21.6 Å². The number of halogens is 1. The van der Waals surface area contributed by atoms with Gasteiger partial charge in [-0.05, 0) is 47.2 Å². The number of hydrogen-bond donors (Lipinski definition) is 2. The lowest BCUT2D eigenvalue weighted by Crippen LogP contribution is -2.17. The highest BCUT2D eigenvalue weighted by atomic mass is 79.9. The van der Waals surface area contributed by atoms with Gasteiger partial charge in [0.25, 0.3) is 0 Å². The van der Waals surface area contributed by atoms with E-state index in [2.05, 4.69) is 26.2 Å². The summed E-state index contributed by atoms with van der Waals surface area (Å²) in [4.78, 5) is 4.03. The van der Waals surface area contributed by atoms with Gasteiger partial charge < -0.3 is 11.1 Å². The third kappa shape index (κ3) is 2.92. The lowest BCUT2D eigenvalue weighted by atomic mass is 10.1. The summed E-state index contributed by atoms with van der Waals surface area (Å²) in [5.41, 5.74) is 6.99. The van der Waals surface area contributed by atoms with Crippen molar-refractivity contribution in [2.24, 2.45) is 11.7 Å². The summed E-state index contributed by atoms with van der Waals surface area (Å²) in [6.07, 6.45) is 7.17. The zero-order valence-electron chi connectivity index (χ0n) is 8.62. The first-order chi connectivity index (χ1) is 7.25. The Hall–Kier alpha value is -0.610. The molecule has 3 N–H and O–H groups in total. The summed E-state index contributed by atoms with van der Waals surface area (Å²) in [5, 5.41) is 3.43. The number of anilines is 1. The van der Waals surface area contributed by atoms with Crippen molar-refractivity contribution in [3.63, 3.8) is 0 Å². The molecule has 1 heterocycles. The number of nitrogens with one attached hydrogen (secondary N) is 1. The topological polar surface area (TPSA) is 50.9 Å². The number of rotatable bonds is 3. The molecule has 1 aromatic rings. The van der Waals surface area contributed by atoms with Crippen molar-refractivity contribution in [2.45, 2.75) is 25.3 Å². The third-order valence-electron chi connectivity index (χ3n) is 2.94. The molecular formula is C11H16BrN3. The van der Waals surface area contributed by atoms with Gasteiger partial charge in [-0.25, -0.2) is 0 Å². The molecular weight excluding hydrogens is 254 g/mol. The maximum absolute atomic E-state index is 5.88. The molecule has 0 aromatic carbocycles. The van der Waals surface area contributed by atoms with Gasteiger partial charge >= 0.3 is 0 Å². The van der Waals surface area contributed by atoms with Crippen molar-refractivity contribution in [3.8, 4) is 0 Å². The molecule has 2 atom stereocenters. The van der Waals surface area contributed by atoms with Crippen LogP contribution in [0.3, 0.4) is 0 Å². The Labute approximate surface area is 98.6 Å². The molecule has 0 aliphatic heterocycles. The van der Waals surface area contributed by atoms with Crippen LogP contribution in [0.15, 0.2) is 22.9 Å². The standard InChI is InChI=1S/C11H16BrN3/c12-10-7-14-4-3-11(10)15-6-8-1-2-9(13)5-8/h3-4,7-9H,1-2,5-6,13H2,(H,14,15). The van der Waals surface area contributed by atoms with Crippen LogP contribution >= 0.6 is 15.9 Å². The summed E-state index contributed by atoms with van der Waals surface area (Å²) >= 11 is 3.47. The molecule has 0 spiro atoms. The fraction of sp³-hybridized carbons (Fsp3) is 0.545. The summed E-state index contributed by atoms with van der Waals surface area (Å²) in [5.74, 6) is 0.722. The minimum absolute atomic E-state index is 0.415. The van der Waals surface area contributed by atoms with Crippen molar-refractivity contribution in [1.29, 1.82) is 0 Å². The van der Waals surface area contributed by atoms with Crippen LogP contribution in [0.4, 0.5) is 5.69 Å². The first-order valence-corrected chi connectivity index (χ1v) is 6.14. The molecule has 15 heavy (non-hydrogen) atoms. The van der Waals surface area contributed by atoms with Crippen molar-refractivity contribution in [3.05, 3.63) is 22.9 Å². The molecule has 3 nitrogen and oxygen atoms in total. The number of nitrogens with two attached hydrogens (primary N) is 1. The highest BCUT2D eigenvalue weighted by Gasteiger charge is 2.21. The average molecular weight is 270 g/mol. The van der Waals surface area contributed by atoms with E-state index in [1.165, 1.54) is 12.8 Å². The fourth-order valence-corrected chi connectivity index (χ4v) is 2.46. The van der Waals surface area contributed by atoms with Gasteiger partial charge in [0.05, 0.1) is 10.2 Å². The highest BCUT2D eigenvalue weighted by molar-refractivity contribution is 9.10. The Morgan fingerprint density at radius 1 is 1.53 bits per heavy atom. The van der Waals surface area contributed by atoms with E-state index in [1.807, 2.05) is 12.3 Å². The third-order valence-corrected chi connectivity index (χ3v) is 3.57. The predicted octanol–water partition coefficient (Wildman–Crippen LogP) is 2.38. The summed E-state index contributed by atoms with van der Waals surface area (Å²) < 4.78 is 1.02. The van der Waals surface area contributed by atoms with Crippen molar-refractivity contribution in [1.82, 2.24) is 4.98 Å². The van der Waals surface area contributed by atoms with Gasteiger partial charge in [-0.1, -0.05) is 0 Å². The molecule has 1 aliphatic carbocycles. The van der Waals surface area contributed by atoms with Gasteiger partial charge in [0.15, 0.2) is 0 Å². The number of nitrogens with zero attached hydrogens (tertiary/aromatic N) is 1. The molecule has 0 saturated heterocycles. The number of hydrogen-bond acceptors (Lipinski definition) is 3. The molecule has 1 saturated carbocycles. The van der Waals surface area contributed by atoms with Crippen LogP contribution in [-0.4, -0.2) is 17.6 Å². The quantitative estimate of drug-likeness (QED) is 0.886. The van der Waals surface area contributed by atoms with E-state index in [4.69, 9.17) is 5.73 Å². The number of pyridine rings is 1. The minimum atomic E-state index is 0.415. The molecule has 0 bridgehead atoms. The SMILES string of the molecule is NC1CCC(CNc2ccncc2Br)C1. The van der Waals surface area contributed by atoms with Gasteiger partial charge in [0.1, 0.15) is 0 Å². The normalized spacial score (nSPS) is 25.5. The summed E-state index contributed by atoms with van der Waals surface area (Å²) in [7, 11) is 0. The van der Waals surface area contributed by atoms with E-state index in [0.29, 0.717) is 6.04 Å². The molecule has 82 valence electrons. The van der Waals surface area contributed by atoms with E-state index >= 15 is 0 Å². The van der Waals surface area contributed by atoms with E-state index in [1.54, 1.807) is 6.20 Å². The van der Waals surface area contributed by atoms with Crippen molar-refractivity contribution in [2.75, 3.05) is 11.9 Å². The van der Waals surface area contributed by atoms with Crippen LogP contribution in [-0.2, 0) is 0 Å². The average Bonchev–Trinajstić information content (AvgIpc) is 2.63. The minimum Gasteiger partial charge on any atom is -0.384 e. The van der Waals surface area contributed by atoms with Gasteiger partial charge in [-0.2, -0.15) is 0 Å². The van der Waals surface area contributed by atoms with E-state index in [0.717, 1.165) is 29.0 Å². The first-order valence-electron chi connectivity index (χ1n) is 5.34. The van der Waals surface area contributed by atoms with Crippen LogP contribution < -0.4 is 11.1 Å². The smallest absolute Gasteiger partial charge is 0.0590 e. The Kier molecular flexibility index (Phi) is 3.59.